The Labute approximate surface area is 306 Å². The summed E-state index contributed by atoms with van der Waals surface area (Å²) in [6, 6.07) is 43.6. The van der Waals surface area contributed by atoms with Gasteiger partial charge >= 0.3 is 0 Å². The van der Waals surface area contributed by atoms with E-state index in [1.807, 2.05) is 0 Å². The van der Waals surface area contributed by atoms with Crippen LogP contribution in [0.1, 0.15) is 131 Å². The molecule has 50 heavy (non-hydrogen) atoms. The van der Waals surface area contributed by atoms with Gasteiger partial charge in [0.1, 0.15) is 0 Å². The van der Waals surface area contributed by atoms with Crippen molar-refractivity contribution in [1.29, 1.82) is 0 Å². The summed E-state index contributed by atoms with van der Waals surface area (Å²) in [5.41, 5.74) is 0.868. The molecule has 0 heterocycles. The lowest BCUT2D eigenvalue weighted by Gasteiger charge is -2.59. The lowest BCUT2D eigenvalue weighted by Crippen LogP contribution is -2.62. The fraction of sp³-hybridized carbons (Fsp3) is 0.500. The van der Waals surface area contributed by atoms with Crippen LogP contribution in [0, 0.1) is 22.7 Å². The van der Waals surface area contributed by atoms with Crippen LogP contribution in [-0.2, 0) is 20.7 Å². The predicted octanol–water partition coefficient (Wildman–Crippen LogP) is 13.4. The summed E-state index contributed by atoms with van der Waals surface area (Å²) < 4.78 is 16.5. The number of rotatable bonds is 15. The van der Waals surface area contributed by atoms with Crippen LogP contribution in [0.3, 0.4) is 0 Å². The molecule has 0 bridgehead atoms. The van der Waals surface area contributed by atoms with E-state index in [0.717, 1.165) is 47.9 Å². The van der Waals surface area contributed by atoms with Crippen molar-refractivity contribution in [3.63, 3.8) is 0 Å². The fourth-order valence-corrected chi connectivity index (χ4v) is 9.37. The van der Waals surface area contributed by atoms with E-state index in [1.165, 1.54) is 0 Å². The van der Waals surface area contributed by atoms with Crippen molar-refractivity contribution >= 4 is 0 Å². The van der Waals surface area contributed by atoms with E-state index in [2.05, 4.69) is 204 Å². The van der Waals surface area contributed by atoms with Crippen LogP contribution in [0.4, 0.5) is 0 Å². The molecule has 2 atom stereocenters. The summed E-state index contributed by atoms with van der Waals surface area (Å²) in [5, 5.41) is 0. The first-order valence-electron chi connectivity index (χ1n) is 19.1. The van der Waals surface area contributed by atoms with Crippen LogP contribution in [0.2, 0.25) is 0 Å². The quantitative estimate of drug-likeness (QED) is 0.125. The van der Waals surface area contributed by atoms with Gasteiger partial charge in [0.05, 0.1) is 11.2 Å². The lowest BCUT2D eigenvalue weighted by atomic mass is 9.63. The van der Waals surface area contributed by atoms with Crippen molar-refractivity contribution in [3.05, 3.63) is 144 Å². The topological polar surface area (TPSA) is 18.5 Å². The minimum absolute atomic E-state index is 0.000631. The fourth-order valence-electron chi connectivity index (χ4n) is 9.37. The van der Waals surface area contributed by atoms with Gasteiger partial charge in [0.25, 0.3) is 0 Å². The third kappa shape index (κ3) is 7.98. The first-order valence-corrected chi connectivity index (χ1v) is 19.1. The second kappa shape index (κ2) is 15.6. The van der Waals surface area contributed by atoms with Gasteiger partial charge in [0.15, 0.2) is 11.2 Å². The van der Waals surface area contributed by atoms with Crippen LogP contribution >= 0.6 is 0 Å². The van der Waals surface area contributed by atoms with E-state index < -0.39 is 22.4 Å². The van der Waals surface area contributed by atoms with Gasteiger partial charge in [-0.2, -0.15) is 0 Å². The Morgan fingerprint density at radius 2 is 0.600 bits per heavy atom. The third-order valence-electron chi connectivity index (χ3n) is 11.0. The molecule has 2 heteroatoms. The Kier molecular flexibility index (Phi) is 12.3. The Hall–Kier alpha value is -3.20. The van der Waals surface area contributed by atoms with Gasteiger partial charge in [0, 0.05) is 0 Å². The molecule has 0 saturated heterocycles. The minimum Gasteiger partial charge on any atom is -0.356 e. The van der Waals surface area contributed by atoms with Crippen LogP contribution in [0.15, 0.2) is 121 Å². The smallest absolute Gasteiger partial charge is 0.156 e. The van der Waals surface area contributed by atoms with E-state index in [0.29, 0.717) is 0 Å². The molecular weight excluding hydrogens is 609 g/mol. The van der Waals surface area contributed by atoms with E-state index in [4.69, 9.17) is 9.47 Å². The summed E-state index contributed by atoms with van der Waals surface area (Å²) >= 11 is 0. The average molecular weight is 675 g/mol. The average Bonchev–Trinajstić information content (AvgIpc) is 3.08. The first-order chi connectivity index (χ1) is 23.5. The zero-order valence-corrected chi connectivity index (χ0v) is 33.3. The van der Waals surface area contributed by atoms with Crippen molar-refractivity contribution < 1.29 is 9.47 Å². The van der Waals surface area contributed by atoms with Crippen molar-refractivity contribution in [2.45, 2.75) is 131 Å². The molecule has 270 valence electrons. The van der Waals surface area contributed by atoms with Crippen LogP contribution in [0.5, 0.6) is 0 Å². The summed E-state index contributed by atoms with van der Waals surface area (Å²) in [7, 11) is 0. The van der Waals surface area contributed by atoms with Gasteiger partial charge in [-0.25, -0.2) is 0 Å². The molecule has 0 radical (unpaired) electrons. The van der Waals surface area contributed by atoms with Crippen molar-refractivity contribution in [2.75, 3.05) is 0 Å². The molecule has 4 rings (SSSR count). The van der Waals surface area contributed by atoms with Crippen LogP contribution < -0.4 is 0 Å². The maximum Gasteiger partial charge on any atom is 0.156 e. The monoisotopic (exact) mass is 675 g/mol. The molecule has 0 saturated carbocycles. The largest absolute Gasteiger partial charge is 0.356 e. The van der Waals surface area contributed by atoms with Crippen LogP contribution in [0.25, 0.3) is 0 Å². The third-order valence-corrected chi connectivity index (χ3v) is 11.0. The maximum atomic E-state index is 8.26. The first kappa shape index (κ1) is 39.6. The van der Waals surface area contributed by atoms with Crippen LogP contribution in [-0.4, -0.2) is 11.2 Å². The molecule has 0 aromatic heterocycles. The molecule has 0 fully saturated rings. The second-order valence-electron chi connectivity index (χ2n) is 17.7. The SMILES string of the molecule is CCCC(C(C)(C)C)C(C)(C)OC(c1ccccc1)(c1ccccc1)C(OC(C)(C)C(CCC)C(C)(C)C)(c1ccccc1)c1ccccc1. The zero-order valence-electron chi connectivity index (χ0n) is 33.3. The van der Waals surface area contributed by atoms with E-state index >= 15 is 0 Å². The normalized spacial score (nSPS) is 14.7. The standard InChI is InChI=1S/C48H66O2/c1-13-27-41(43(3,4)5)45(9,10)49-47(37-29-19-15-20-30-37,38-31-21-16-22-32-38)48(39-33-23-17-24-34-39,40-35-25-18-26-36-40)50-46(11,12)42(28-14-2)44(6,7)8/h15-26,29-36,41-42H,13-14,27-28H2,1-12H3. The Morgan fingerprint density at radius 3 is 0.780 bits per heavy atom. The van der Waals surface area contributed by atoms with Crippen molar-refractivity contribution in [1.82, 2.24) is 0 Å². The highest BCUT2D eigenvalue weighted by atomic mass is 16.6. The van der Waals surface area contributed by atoms with Gasteiger partial charge in [-0.1, -0.05) is 190 Å². The Bertz CT molecular complexity index is 1370. The molecule has 4 aromatic carbocycles. The van der Waals surface area contributed by atoms with Crippen molar-refractivity contribution in [3.8, 4) is 0 Å². The number of hydrogen-bond acceptors (Lipinski definition) is 2. The summed E-state index contributed by atoms with van der Waals surface area (Å²) in [4.78, 5) is 0. The second-order valence-corrected chi connectivity index (χ2v) is 17.7. The number of ether oxygens (including phenoxy) is 2. The van der Waals surface area contributed by atoms with Gasteiger partial charge in [-0.15, -0.1) is 0 Å². The number of hydrogen-bond donors (Lipinski definition) is 0. The predicted molar refractivity (Wildman–Crippen MR) is 213 cm³/mol. The van der Waals surface area contributed by atoms with Gasteiger partial charge in [-0.3, -0.25) is 0 Å². The van der Waals surface area contributed by atoms with Gasteiger partial charge in [-0.05, 0) is 85.5 Å². The van der Waals surface area contributed by atoms with E-state index in [-0.39, 0.29) is 22.7 Å². The highest BCUT2D eigenvalue weighted by Crippen LogP contribution is 2.60. The van der Waals surface area contributed by atoms with E-state index in [9.17, 15) is 0 Å². The molecule has 0 spiro atoms. The Morgan fingerprint density at radius 1 is 0.380 bits per heavy atom. The molecule has 0 amide bonds. The molecule has 0 aliphatic rings. The molecule has 0 aliphatic carbocycles. The molecule has 2 unspecified atom stereocenters. The summed E-state index contributed by atoms with van der Waals surface area (Å²) in [5.74, 6) is 0.512. The lowest BCUT2D eigenvalue weighted by molar-refractivity contribution is -0.284. The molecule has 0 N–H and O–H groups in total. The van der Waals surface area contributed by atoms with Crippen molar-refractivity contribution in [2.24, 2.45) is 22.7 Å². The summed E-state index contributed by atoms with van der Waals surface area (Å²) in [6.07, 6.45) is 4.26. The zero-order chi connectivity index (χ0) is 36.8. The molecular formula is C48H66O2. The van der Waals surface area contributed by atoms with Gasteiger partial charge < -0.3 is 9.47 Å². The highest BCUT2D eigenvalue weighted by molar-refractivity contribution is 5.52. The maximum absolute atomic E-state index is 8.26. The number of benzene rings is 4. The Balaban J connectivity index is 2.31. The molecule has 0 aliphatic heterocycles. The highest BCUT2D eigenvalue weighted by Gasteiger charge is 2.63. The molecule has 4 aromatic rings. The van der Waals surface area contributed by atoms with E-state index in [1.54, 1.807) is 0 Å². The van der Waals surface area contributed by atoms with Gasteiger partial charge in [0.2, 0.25) is 0 Å². The minimum atomic E-state index is -1.12. The summed E-state index contributed by atoms with van der Waals surface area (Å²) in [6.45, 7) is 28.1. The molecule has 2 nitrogen and oxygen atoms in total.